The van der Waals surface area contributed by atoms with Gasteiger partial charge >= 0.3 is 0 Å². The summed E-state index contributed by atoms with van der Waals surface area (Å²) in [5, 5.41) is 18.6. The van der Waals surface area contributed by atoms with Gasteiger partial charge in [0.05, 0.1) is 17.9 Å². The number of anilines is 1. The van der Waals surface area contributed by atoms with E-state index < -0.39 is 0 Å². The lowest BCUT2D eigenvalue weighted by Crippen LogP contribution is -2.34. The van der Waals surface area contributed by atoms with Gasteiger partial charge in [-0.1, -0.05) is 13.0 Å². The summed E-state index contributed by atoms with van der Waals surface area (Å²) in [4.78, 5) is 13.6. The summed E-state index contributed by atoms with van der Waals surface area (Å²) >= 11 is 0. The van der Waals surface area contributed by atoms with Crippen molar-refractivity contribution in [2.75, 3.05) is 25.4 Å². The highest BCUT2D eigenvalue weighted by Crippen LogP contribution is 2.25. The quantitative estimate of drug-likeness (QED) is 0.523. The van der Waals surface area contributed by atoms with Crippen LogP contribution in [0.2, 0.25) is 0 Å². The van der Waals surface area contributed by atoms with Gasteiger partial charge < -0.3 is 20.8 Å². The SMILES string of the molecule is CCCN(CCO)C(=O)c1cccc(N)c1O. The minimum absolute atomic E-state index is 0.102. The predicted octanol–water partition coefficient (Wildman–Crippen LogP) is 0.819. The molecule has 0 atom stereocenters. The number of aliphatic hydroxyl groups is 1. The van der Waals surface area contributed by atoms with E-state index in [0.717, 1.165) is 6.42 Å². The third-order valence-electron chi connectivity index (χ3n) is 2.45. The zero-order valence-electron chi connectivity index (χ0n) is 9.89. The summed E-state index contributed by atoms with van der Waals surface area (Å²) in [5.74, 6) is -0.512. The van der Waals surface area contributed by atoms with Gasteiger partial charge in [-0.2, -0.15) is 0 Å². The number of amides is 1. The highest BCUT2D eigenvalue weighted by Gasteiger charge is 2.18. The van der Waals surface area contributed by atoms with Crippen LogP contribution < -0.4 is 5.73 Å². The van der Waals surface area contributed by atoms with Crippen molar-refractivity contribution in [3.05, 3.63) is 23.8 Å². The molecular weight excluding hydrogens is 220 g/mol. The summed E-state index contributed by atoms with van der Waals surface area (Å²) in [5.41, 5.74) is 5.89. The average molecular weight is 238 g/mol. The average Bonchev–Trinajstić information content (AvgIpc) is 2.31. The van der Waals surface area contributed by atoms with Gasteiger partial charge in [-0.05, 0) is 18.6 Å². The first kappa shape index (κ1) is 13.3. The number of aliphatic hydroxyl groups excluding tert-OH is 1. The first-order valence-electron chi connectivity index (χ1n) is 5.59. The van der Waals surface area contributed by atoms with Gasteiger partial charge in [0.1, 0.15) is 0 Å². The van der Waals surface area contributed by atoms with Crippen molar-refractivity contribution in [3.8, 4) is 5.75 Å². The van der Waals surface area contributed by atoms with Crippen LogP contribution in [0.1, 0.15) is 23.7 Å². The largest absolute Gasteiger partial charge is 0.505 e. The topological polar surface area (TPSA) is 86.8 Å². The molecule has 5 nitrogen and oxygen atoms in total. The minimum atomic E-state index is -0.314. The Kier molecular flexibility index (Phi) is 4.78. The number of nitrogen functional groups attached to an aromatic ring is 1. The number of benzene rings is 1. The molecule has 0 spiro atoms. The fourth-order valence-electron chi connectivity index (χ4n) is 1.61. The Morgan fingerprint density at radius 3 is 2.71 bits per heavy atom. The normalized spacial score (nSPS) is 10.2. The van der Waals surface area contributed by atoms with Crippen molar-refractivity contribution in [3.63, 3.8) is 0 Å². The lowest BCUT2D eigenvalue weighted by Gasteiger charge is -2.21. The number of phenols is 1. The molecule has 0 heterocycles. The second-order valence-corrected chi connectivity index (χ2v) is 3.76. The fraction of sp³-hybridized carbons (Fsp3) is 0.417. The molecule has 5 heteroatoms. The van der Waals surface area contributed by atoms with Crippen LogP contribution in [0.15, 0.2) is 18.2 Å². The number of aromatic hydroxyl groups is 1. The van der Waals surface area contributed by atoms with E-state index in [1.165, 1.54) is 17.0 Å². The number of nitrogens with two attached hydrogens (primary N) is 1. The molecule has 1 rings (SSSR count). The third kappa shape index (κ3) is 3.10. The summed E-state index contributed by atoms with van der Waals surface area (Å²) in [7, 11) is 0. The van der Waals surface area contributed by atoms with Gasteiger partial charge in [-0.25, -0.2) is 0 Å². The van der Waals surface area contributed by atoms with E-state index in [-0.39, 0.29) is 36.1 Å². The van der Waals surface area contributed by atoms with Crippen LogP contribution >= 0.6 is 0 Å². The van der Waals surface area contributed by atoms with Crippen LogP contribution in [0.3, 0.4) is 0 Å². The zero-order chi connectivity index (χ0) is 12.8. The predicted molar refractivity (Wildman–Crippen MR) is 65.8 cm³/mol. The van der Waals surface area contributed by atoms with E-state index in [1.807, 2.05) is 6.92 Å². The molecule has 0 radical (unpaired) electrons. The van der Waals surface area contributed by atoms with Gasteiger partial charge in [-0.15, -0.1) is 0 Å². The maximum absolute atomic E-state index is 12.1. The lowest BCUT2D eigenvalue weighted by atomic mass is 10.1. The van der Waals surface area contributed by atoms with Crippen molar-refractivity contribution >= 4 is 11.6 Å². The Bertz CT molecular complexity index is 387. The van der Waals surface area contributed by atoms with Crippen molar-refractivity contribution in [2.45, 2.75) is 13.3 Å². The van der Waals surface area contributed by atoms with Crippen LogP contribution in [0.5, 0.6) is 5.75 Å². The molecule has 0 unspecified atom stereocenters. The third-order valence-corrected chi connectivity index (χ3v) is 2.45. The van der Waals surface area contributed by atoms with Crippen molar-refractivity contribution < 1.29 is 15.0 Å². The Morgan fingerprint density at radius 1 is 1.41 bits per heavy atom. The summed E-state index contributed by atoms with van der Waals surface area (Å²) < 4.78 is 0. The number of nitrogens with zero attached hydrogens (tertiary/aromatic N) is 1. The minimum Gasteiger partial charge on any atom is -0.505 e. The lowest BCUT2D eigenvalue weighted by molar-refractivity contribution is 0.0719. The molecule has 0 saturated heterocycles. The van der Waals surface area contributed by atoms with Crippen molar-refractivity contribution in [1.29, 1.82) is 0 Å². The molecule has 1 aromatic rings. The maximum atomic E-state index is 12.1. The number of carbonyl (C=O) groups is 1. The van der Waals surface area contributed by atoms with Gasteiger partial charge in [0.2, 0.25) is 0 Å². The highest BCUT2D eigenvalue weighted by molar-refractivity contribution is 5.98. The summed E-state index contributed by atoms with van der Waals surface area (Å²) in [6.07, 6.45) is 0.787. The number of carbonyl (C=O) groups excluding carboxylic acids is 1. The standard InChI is InChI=1S/C12H18N2O3/c1-2-6-14(7-8-15)12(17)9-4-3-5-10(13)11(9)16/h3-5,15-16H,2,6-8,13H2,1H3. The molecule has 0 saturated carbocycles. The monoisotopic (exact) mass is 238 g/mol. The zero-order valence-corrected chi connectivity index (χ0v) is 9.89. The second-order valence-electron chi connectivity index (χ2n) is 3.76. The van der Waals surface area contributed by atoms with Crippen LogP contribution in [0, 0.1) is 0 Å². The number of hydrogen-bond donors (Lipinski definition) is 3. The van der Waals surface area contributed by atoms with Gasteiger partial charge in [0.15, 0.2) is 5.75 Å². The van der Waals surface area contributed by atoms with Gasteiger partial charge in [-0.3, -0.25) is 4.79 Å². The molecule has 0 aliphatic heterocycles. The molecule has 0 bridgehead atoms. The van der Waals surface area contributed by atoms with Crippen LogP contribution in [-0.2, 0) is 0 Å². The molecular formula is C12H18N2O3. The Morgan fingerprint density at radius 2 is 2.12 bits per heavy atom. The fourth-order valence-corrected chi connectivity index (χ4v) is 1.61. The number of phenolic OH excluding ortho intramolecular Hbond substituents is 1. The number of hydrogen-bond acceptors (Lipinski definition) is 4. The first-order chi connectivity index (χ1) is 8.11. The Hall–Kier alpha value is -1.75. The Balaban J connectivity index is 2.96. The molecule has 0 aromatic heterocycles. The van der Waals surface area contributed by atoms with E-state index in [0.29, 0.717) is 6.54 Å². The molecule has 1 amide bonds. The van der Waals surface area contributed by atoms with E-state index in [2.05, 4.69) is 0 Å². The molecule has 0 aliphatic carbocycles. The number of para-hydroxylation sites is 1. The highest BCUT2D eigenvalue weighted by atomic mass is 16.3. The van der Waals surface area contributed by atoms with Crippen molar-refractivity contribution in [1.82, 2.24) is 4.90 Å². The van der Waals surface area contributed by atoms with Gasteiger partial charge in [0.25, 0.3) is 5.91 Å². The van der Waals surface area contributed by atoms with Crippen LogP contribution in [0.4, 0.5) is 5.69 Å². The van der Waals surface area contributed by atoms with Gasteiger partial charge in [0, 0.05) is 13.1 Å². The summed E-state index contributed by atoms with van der Waals surface area (Å²) in [6.45, 7) is 2.63. The van der Waals surface area contributed by atoms with E-state index >= 15 is 0 Å². The smallest absolute Gasteiger partial charge is 0.257 e. The Labute approximate surface area is 100 Å². The number of rotatable bonds is 5. The molecule has 17 heavy (non-hydrogen) atoms. The molecule has 4 N–H and O–H groups in total. The molecule has 0 aliphatic rings. The van der Waals surface area contributed by atoms with Crippen molar-refractivity contribution in [2.24, 2.45) is 0 Å². The van der Waals surface area contributed by atoms with E-state index in [1.54, 1.807) is 6.07 Å². The molecule has 0 fully saturated rings. The molecule has 1 aromatic carbocycles. The summed E-state index contributed by atoms with van der Waals surface area (Å²) in [6, 6.07) is 4.67. The van der Waals surface area contributed by atoms with E-state index in [4.69, 9.17) is 10.8 Å². The maximum Gasteiger partial charge on any atom is 0.257 e. The van der Waals surface area contributed by atoms with E-state index in [9.17, 15) is 9.90 Å². The van der Waals surface area contributed by atoms with Crippen LogP contribution in [0.25, 0.3) is 0 Å². The first-order valence-corrected chi connectivity index (χ1v) is 5.59. The second kappa shape index (κ2) is 6.10. The van der Waals surface area contributed by atoms with Crippen LogP contribution in [-0.4, -0.2) is 40.7 Å². The molecule has 94 valence electrons.